The van der Waals surface area contributed by atoms with Crippen molar-refractivity contribution in [3.8, 4) is 0 Å². The predicted octanol–water partition coefficient (Wildman–Crippen LogP) is 5.49. The summed E-state index contributed by atoms with van der Waals surface area (Å²) in [7, 11) is 0. The number of imide groups is 1. The number of anilines is 2. The molecule has 0 saturated heterocycles. The summed E-state index contributed by atoms with van der Waals surface area (Å²) in [6.45, 7) is 3.90. The van der Waals surface area contributed by atoms with Crippen LogP contribution in [0.2, 0.25) is 5.02 Å². The summed E-state index contributed by atoms with van der Waals surface area (Å²) in [4.78, 5) is 27.8. The van der Waals surface area contributed by atoms with Crippen molar-refractivity contribution in [1.29, 1.82) is 0 Å². The molecule has 1 N–H and O–H groups in total. The number of hydrogen-bond acceptors (Lipinski definition) is 3. The Labute approximate surface area is 178 Å². The Morgan fingerprint density at radius 3 is 2.27 bits per heavy atom. The highest BCUT2D eigenvalue weighted by molar-refractivity contribution is 6.48. The van der Waals surface area contributed by atoms with Crippen LogP contribution in [-0.2, 0) is 9.59 Å². The number of hydrogen-bond donors (Lipinski definition) is 1. The van der Waals surface area contributed by atoms with E-state index in [1.807, 2.05) is 32.0 Å². The van der Waals surface area contributed by atoms with Gasteiger partial charge in [-0.3, -0.25) is 9.59 Å². The standard InChI is InChI=1S/C24H18ClFN2O2/c1-14-6-5-8-19(15(14)2)27-22-21(16-10-12-17(26)13-11-16)23(29)28(24(22)30)20-9-4-3-7-18(20)25/h3-13,27H,1-2H3. The molecule has 1 aliphatic rings. The highest BCUT2D eigenvalue weighted by Gasteiger charge is 2.41. The lowest BCUT2D eigenvalue weighted by Gasteiger charge is -2.17. The fourth-order valence-corrected chi connectivity index (χ4v) is 3.62. The van der Waals surface area contributed by atoms with E-state index in [4.69, 9.17) is 11.6 Å². The van der Waals surface area contributed by atoms with Gasteiger partial charge in [0.25, 0.3) is 11.8 Å². The Kier molecular flexibility index (Phi) is 5.14. The lowest BCUT2D eigenvalue weighted by Crippen LogP contribution is -2.32. The van der Waals surface area contributed by atoms with Gasteiger partial charge in [-0.2, -0.15) is 0 Å². The fourth-order valence-electron chi connectivity index (χ4n) is 3.40. The Balaban J connectivity index is 1.87. The normalized spacial score (nSPS) is 13.9. The third-order valence-corrected chi connectivity index (χ3v) is 5.49. The van der Waals surface area contributed by atoms with Gasteiger partial charge in [0.1, 0.15) is 11.5 Å². The number of carbonyl (C=O) groups is 2. The van der Waals surface area contributed by atoms with Crippen molar-refractivity contribution in [2.45, 2.75) is 13.8 Å². The molecule has 0 aromatic heterocycles. The maximum atomic E-state index is 13.5. The first kappa shape index (κ1) is 19.9. The van der Waals surface area contributed by atoms with Gasteiger partial charge in [-0.15, -0.1) is 0 Å². The molecule has 0 saturated carbocycles. The van der Waals surface area contributed by atoms with Gasteiger partial charge in [0.2, 0.25) is 0 Å². The van der Waals surface area contributed by atoms with Crippen LogP contribution in [0.3, 0.4) is 0 Å². The molecule has 0 fully saturated rings. The molecule has 3 aromatic rings. The monoisotopic (exact) mass is 420 g/mol. The van der Waals surface area contributed by atoms with E-state index >= 15 is 0 Å². The summed E-state index contributed by atoms with van der Waals surface area (Å²) < 4.78 is 13.5. The van der Waals surface area contributed by atoms with Crippen LogP contribution in [0.5, 0.6) is 0 Å². The Bertz CT molecular complexity index is 1200. The molecule has 0 radical (unpaired) electrons. The summed E-state index contributed by atoms with van der Waals surface area (Å²) in [5.74, 6) is -1.47. The molecular weight excluding hydrogens is 403 g/mol. The lowest BCUT2D eigenvalue weighted by molar-refractivity contribution is -0.120. The van der Waals surface area contributed by atoms with Crippen LogP contribution in [0.4, 0.5) is 15.8 Å². The summed E-state index contributed by atoms with van der Waals surface area (Å²) in [6, 6.07) is 17.8. The minimum Gasteiger partial charge on any atom is -0.350 e. The molecule has 0 atom stereocenters. The number of nitrogens with zero attached hydrogens (tertiary/aromatic N) is 1. The zero-order valence-corrected chi connectivity index (χ0v) is 17.1. The lowest BCUT2D eigenvalue weighted by atomic mass is 10.0. The average molecular weight is 421 g/mol. The van der Waals surface area contributed by atoms with Crippen molar-refractivity contribution < 1.29 is 14.0 Å². The molecule has 0 bridgehead atoms. The van der Waals surface area contributed by atoms with E-state index < -0.39 is 17.6 Å². The van der Waals surface area contributed by atoms with Crippen molar-refractivity contribution in [3.05, 3.63) is 100.0 Å². The minimum atomic E-state index is -0.521. The number of para-hydroxylation sites is 1. The highest BCUT2D eigenvalue weighted by atomic mass is 35.5. The molecule has 30 heavy (non-hydrogen) atoms. The molecule has 0 aliphatic carbocycles. The van der Waals surface area contributed by atoms with Crippen molar-refractivity contribution in [2.24, 2.45) is 0 Å². The topological polar surface area (TPSA) is 49.4 Å². The van der Waals surface area contributed by atoms with Gasteiger partial charge in [0.05, 0.1) is 16.3 Å². The first-order valence-electron chi connectivity index (χ1n) is 9.35. The van der Waals surface area contributed by atoms with E-state index in [0.29, 0.717) is 16.9 Å². The first-order chi connectivity index (χ1) is 14.4. The number of rotatable bonds is 4. The number of aryl methyl sites for hydroxylation is 1. The van der Waals surface area contributed by atoms with E-state index in [0.717, 1.165) is 16.0 Å². The number of benzene rings is 3. The molecule has 6 heteroatoms. The minimum absolute atomic E-state index is 0.125. The van der Waals surface area contributed by atoms with Gasteiger partial charge in [-0.05, 0) is 60.9 Å². The SMILES string of the molecule is Cc1cccc(NC2=C(c3ccc(F)cc3)C(=O)N(c3ccccc3Cl)C2=O)c1C. The highest BCUT2D eigenvalue weighted by Crippen LogP contribution is 2.37. The van der Waals surface area contributed by atoms with E-state index in [9.17, 15) is 14.0 Å². The summed E-state index contributed by atoms with van der Waals surface area (Å²) in [5, 5.41) is 3.43. The molecular formula is C24H18ClFN2O2. The number of amides is 2. The molecule has 4 rings (SSSR count). The molecule has 0 spiro atoms. The van der Waals surface area contributed by atoms with Gasteiger partial charge in [-0.25, -0.2) is 9.29 Å². The molecule has 0 unspecified atom stereocenters. The zero-order valence-electron chi connectivity index (χ0n) is 16.4. The van der Waals surface area contributed by atoms with Gasteiger partial charge in [-0.1, -0.05) is 48.0 Å². The molecule has 3 aromatic carbocycles. The number of halogens is 2. The third-order valence-electron chi connectivity index (χ3n) is 5.17. The second kappa shape index (κ2) is 7.76. The largest absolute Gasteiger partial charge is 0.350 e. The number of carbonyl (C=O) groups excluding carboxylic acids is 2. The van der Waals surface area contributed by atoms with Crippen molar-refractivity contribution in [1.82, 2.24) is 0 Å². The van der Waals surface area contributed by atoms with Crippen LogP contribution >= 0.6 is 11.6 Å². The second-order valence-corrected chi connectivity index (χ2v) is 7.43. The van der Waals surface area contributed by atoms with E-state index in [1.165, 1.54) is 24.3 Å². The number of nitrogens with one attached hydrogen (secondary N) is 1. The predicted molar refractivity (Wildman–Crippen MR) is 117 cm³/mol. The van der Waals surface area contributed by atoms with Crippen molar-refractivity contribution in [2.75, 3.05) is 10.2 Å². The van der Waals surface area contributed by atoms with Crippen LogP contribution in [0.25, 0.3) is 5.57 Å². The maximum Gasteiger partial charge on any atom is 0.282 e. The van der Waals surface area contributed by atoms with Crippen LogP contribution in [0.1, 0.15) is 16.7 Å². The zero-order chi connectivity index (χ0) is 21.4. The third kappa shape index (κ3) is 3.37. The summed E-state index contributed by atoms with van der Waals surface area (Å²) in [6.07, 6.45) is 0. The Morgan fingerprint density at radius 2 is 1.57 bits per heavy atom. The Morgan fingerprint density at radius 1 is 0.867 bits per heavy atom. The molecule has 4 nitrogen and oxygen atoms in total. The van der Waals surface area contributed by atoms with Crippen LogP contribution in [0, 0.1) is 19.7 Å². The van der Waals surface area contributed by atoms with Gasteiger partial charge < -0.3 is 5.32 Å². The quantitative estimate of drug-likeness (QED) is 0.567. The fraction of sp³-hybridized carbons (Fsp3) is 0.0833. The van der Waals surface area contributed by atoms with E-state index in [2.05, 4.69) is 5.32 Å². The summed E-state index contributed by atoms with van der Waals surface area (Å²) >= 11 is 6.27. The smallest absolute Gasteiger partial charge is 0.282 e. The Hall–Kier alpha value is -3.44. The van der Waals surface area contributed by atoms with Crippen LogP contribution in [-0.4, -0.2) is 11.8 Å². The van der Waals surface area contributed by atoms with Crippen molar-refractivity contribution >= 4 is 40.4 Å². The van der Waals surface area contributed by atoms with Crippen LogP contribution in [0.15, 0.2) is 72.4 Å². The maximum absolute atomic E-state index is 13.5. The van der Waals surface area contributed by atoms with Gasteiger partial charge in [0.15, 0.2) is 0 Å². The molecule has 1 aliphatic heterocycles. The van der Waals surface area contributed by atoms with Crippen molar-refractivity contribution in [3.63, 3.8) is 0 Å². The summed E-state index contributed by atoms with van der Waals surface area (Å²) in [5.41, 5.74) is 3.75. The molecule has 1 heterocycles. The average Bonchev–Trinajstić information content (AvgIpc) is 2.96. The molecule has 2 amide bonds. The van der Waals surface area contributed by atoms with Gasteiger partial charge >= 0.3 is 0 Å². The van der Waals surface area contributed by atoms with E-state index in [1.54, 1.807) is 24.3 Å². The first-order valence-corrected chi connectivity index (χ1v) is 9.73. The van der Waals surface area contributed by atoms with Crippen LogP contribution < -0.4 is 10.2 Å². The van der Waals surface area contributed by atoms with E-state index in [-0.39, 0.29) is 16.3 Å². The van der Waals surface area contributed by atoms with Gasteiger partial charge in [0, 0.05) is 5.69 Å². The second-order valence-electron chi connectivity index (χ2n) is 7.03. The molecule has 150 valence electrons.